The van der Waals surface area contributed by atoms with Crippen molar-refractivity contribution in [3.63, 3.8) is 0 Å². The molecular weight excluding hydrogens is 178 g/mol. The van der Waals surface area contributed by atoms with Gasteiger partial charge in [-0.2, -0.15) is 0 Å². The molecule has 0 aromatic heterocycles. The van der Waals surface area contributed by atoms with Crippen molar-refractivity contribution in [1.82, 2.24) is 0 Å². The van der Waals surface area contributed by atoms with E-state index in [0.29, 0.717) is 6.42 Å². The van der Waals surface area contributed by atoms with Crippen LogP contribution < -0.4 is 0 Å². The fourth-order valence-corrected chi connectivity index (χ4v) is 1.93. The summed E-state index contributed by atoms with van der Waals surface area (Å²) in [6.45, 7) is 15.1. The zero-order valence-corrected chi connectivity index (χ0v) is 9.32. The number of nitrogens with zero attached hydrogens (tertiary/aromatic N) is 1. The fourth-order valence-electron chi connectivity index (χ4n) is 1.93. The molecule has 3 nitrogen and oxygen atoms in total. The number of rotatable bonds is 2. The molecule has 0 saturated carbocycles. The zero-order valence-electron chi connectivity index (χ0n) is 9.32. The lowest BCUT2D eigenvalue weighted by Crippen LogP contribution is -2.32. The molecule has 1 saturated heterocycles. The molecular formula is C11H19NO2. The van der Waals surface area contributed by atoms with E-state index in [-0.39, 0.29) is 17.9 Å². The molecule has 0 spiro atoms. The summed E-state index contributed by atoms with van der Waals surface area (Å²) in [6.07, 6.45) is -0.241. The predicted molar refractivity (Wildman–Crippen MR) is 54.5 cm³/mol. The minimum absolute atomic E-state index is 0.124. The maximum atomic E-state index is 9.81. The lowest BCUT2D eigenvalue weighted by atomic mass is 9.94. The second kappa shape index (κ2) is 3.88. The van der Waals surface area contributed by atoms with Gasteiger partial charge in [0.1, 0.15) is 0 Å². The van der Waals surface area contributed by atoms with Crippen LogP contribution in [-0.4, -0.2) is 23.0 Å². The van der Waals surface area contributed by atoms with Gasteiger partial charge in [-0.15, -0.1) is 0 Å². The normalized spacial score (nSPS) is 37.9. The van der Waals surface area contributed by atoms with Crippen LogP contribution in [0.4, 0.5) is 0 Å². The largest absolute Gasteiger partial charge is 0.390 e. The Kier molecular flexibility index (Phi) is 3.18. The lowest BCUT2D eigenvalue weighted by molar-refractivity contribution is -0.0688. The van der Waals surface area contributed by atoms with Crippen LogP contribution in [0.3, 0.4) is 0 Å². The van der Waals surface area contributed by atoms with Gasteiger partial charge in [0.05, 0.1) is 24.5 Å². The smallest absolute Gasteiger partial charge is 0.342 e. The van der Waals surface area contributed by atoms with E-state index in [9.17, 15) is 5.11 Å². The number of hydrogen-bond donors (Lipinski definition) is 1. The molecule has 1 aliphatic heterocycles. The Bertz CT molecular complexity index is 244. The van der Waals surface area contributed by atoms with Crippen molar-refractivity contribution in [2.24, 2.45) is 11.8 Å². The van der Waals surface area contributed by atoms with Crippen LogP contribution in [0.2, 0.25) is 0 Å². The Balaban J connectivity index is 2.84. The molecule has 0 aromatic rings. The van der Waals surface area contributed by atoms with Crippen molar-refractivity contribution in [3.05, 3.63) is 11.4 Å². The first-order valence-electron chi connectivity index (χ1n) is 5.17. The Morgan fingerprint density at radius 1 is 1.43 bits per heavy atom. The minimum atomic E-state index is -0.797. The van der Waals surface area contributed by atoms with E-state index in [1.807, 2.05) is 27.7 Å². The molecule has 0 amide bonds. The van der Waals surface area contributed by atoms with E-state index in [2.05, 4.69) is 4.85 Å². The monoisotopic (exact) mass is 197 g/mol. The number of ether oxygens (including phenoxy) is 1. The van der Waals surface area contributed by atoms with Gasteiger partial charge in [0.15, 0.2) is 0 Å². The molecule has 3 atom stereocenters. The van der Waals surface area contributed by atoms with Crippen LogP contribution in [0.15, 0.2) is 0 Å². The third-order valence-corrected chi connectivity index (χ3v) is 2.97. The topological polar surface area (TPSA) is 33.8 Å². The van der Waals surface area contributed by atoms with Crippen LogP contribution >= 0.6 is 0 Å². The maximum Gasteiger partial charge on any atom is 0.342 e. The highest BCUT2D eigenvalue weighted by molar-refractivity contribution is 5.02. The number of aliphatic hydroxyl groups is 1. The van der Waals surface area contributed by atoms with E-state index in [4.69, 9.17) is 11.3 Å². The summed E-state index contributed by atoms with van der Waals surface area (Å²) in [5.74, 6) is 0.380. The average molecular weight is 197 g/mol. The molecule has 1 rings (SSSR count). The second-order valence-corrected chi connectivity index (χ2v) is 4.71. The van der Waals surface area contributed by atoms with Gasteiger partial charge in [-0.3, -0.25) is 4.85 Å². The number of aliphatic hydroxyl groups excluding tert-OH is 1. The van der Waals surface area contributed by atoms with Crippen LogP contribution in [0, 0.1) is 18.4 Å². The van der Waals surface area contributed by atoms with Gasteiger partial charge < -0.3 is 9.84 Å². The summed E-state index contributed by atoms with van der Waals surface area (Å²) in [6, 6.07) is 0. The summed E-state index contributed by atoms with van der Waals surface area (Å²) in [5.41, 5.74) is -0.797. The minimum Gasteiger partial charge on any atom is -0.390 e. The Labute approximate surface area is 85.9 Å². The molecule has 3 unspecified atom stereocenters. The summed E-state index contributed by atoms with van der Waals surface area (Å²) in [5, 5.41) is 9.81. The molecule has 1 heterocycles. The Morgan fingerprint density at radius 2 is 2.00 bits per heavy atom. The molecule has 3 heteroatoms. The molecule has 0 radical (unpaired) electrons. The van der Waals surface area contributed by atoms with E-state index < -0.39 is 11.8 Å². The van der Waals surface area contributed by atoms with Gasteiger partial charge in [-0.05, 0) is 5.92 Å². The van der Waals surface area contributed by atoms with Crippen molar-refractivity contribution in [2.45, 2.75) is 52.0 Å². The SMILES string of the molecule is [C-]#[N+]C1(C(C)C)CC(O)C(C(C)C)O1. The van der Waals surface area contributed by atoms with Crippen molar-refractivity contribution in [3.8, 4) is 0 Å². The highest BCUT2D eigenvalue weighted by atomic mass is 16.5. The van der Waals surface area contributed by atoms with Crippen LogP contribution in [0.5, 0.6) is 0 Å². The molecule has 1 N–H and O–H groups in total. The van der Waals surface area contributed by atoms with Gasteiger partial charge in [0.2, 0.25) is 0 Å². The quantitative estimate of drug-likeness (QED) is 0.687. The molecule has 80 valence electrons. The van der Waals surface area contributed by atoms with E-state index in [0.717, 1.165) is 0 Å². The van der Waals surface area contributed by atoms with E-state index >= 15 is 0 Å². The fraction of sp³-hybridized carbons (Fsp3) is 0.909. The third-order valence-electron chi connectivity index (χ3n) is 2.97. The molecule has 0 aromatic carbocycles. The maximum absolute atomic E-state index is 9.81. The molecule has 14 heavy (non-hydrogen) atoms. The Hall–Kier alpha value is -0.590. The highest BCUT2D eigenvalue weighted by Gasteiger charge is 2.54. The predicted octanol–water partition coefficient (Wildman–Crippen LogP) is 2.06. The third kappa shape index (κ3) is 1.77. The molecule has 0 bridgehead atoms. The van der Waals surface area contributed by atoms with Gasteiger partial charge in [-0.1, -0.05) is 27.7 Å². The highest BCUT2D eigenvalue weighted by Crippen LogP contribution is 2.40. The van der Waals surface area contributed by atoms with E-state index in [1.165, 1.54) is 0 Å². The van der Waals surface area contributed by atoms with Crippen molar-refractivity contribution in [1.29, 1.82) is 0 Å². The number of hydrogen-bond acceptors (Lipinski definition) is 2. The average Bonchev–Trinajstić information content (AvgIpc) is 2.44. The summed E-state index contributed by atoms with van der Waals surface area (Å²) in [4.78, 5) is 3.57. The first-order chi connectivity index (χ1) is 6.43. The zero-order chi connectivity index (χ0) is 10.9. The lowest BCUT2D eigenvalue weighted by Gasteiger charge is -2.21. The van der Waals surface area contributed by atoms with Crippen LogP contribution in [-0.2, 0) is 4.74 Å². The summed E-state index contributed by atoms with van der Waals surface area (Å²) >= 11 is 0. The van der Waals surface area contributed by atoms with Gasteiger partial charge in [0, 0.05) is 0 Å². The van der Waals surface area contributed by atoms with Crippen LogP contribution in [0.25, 0.3) is 4.85 Å². The van der Waals surface area contributed by atoms with Gasteiger partial charge in [0.25, 0.3) is 0 Å². The van der Waals surface area contributed by atoms with Gasteiger partial charge in [-0.25, -0.2) is 6.57 Å². The van der Waals surface area contributed by atoms with Crippen molar-refractivity contribution in [2.75, 3.05) is 0 Å². The molecule has 1 aliphatic rings. The van der Waals surface area contributed by atoms with Crippen molar-refractivity contribution >= 4 is 0 Å². The molecule has 0 aliphatic carbocycles. The first kappa shape index (κ1) is 11.5. The second-order valence-electron chi connectivity index (χ2n) is 4.71. The summed E-state index contributed by atoms with van der Waals surface area (Å²) in [7, 11) is 0. The Morgan fingerprint density at radius 3 is 2.21 bits per heavy atom. The van der Waals surface area contributed by atoms with Crippen LogP contribution in [0.1, 0.15) is 34.1 Å². The first-order valence-corrected chi connectivity index (χ1v) is 5.17. The van der Waals surface area contributed by atoms with E-state index in [1.54, 1.807) is 0 Å². The van der Waals surface area contributed by atoms with Gasteiger partial charge >= 0.3 is 5.72 Å². The van der Waals surface area contributed by atoms with Crippen molar-refractivity contribution < 1.29 is 9.84 Å². The standard InChI is InChI=1S/C11H19NO2/c1-7(2)10-9(13)6-11(12-5,14-10)8(3)4/h7-10,13H,6H2,1-4H3. The molecule has 1 fully saturated rings. The summed E-state index contributed by atoms with van der Waals surface area (Å²) < 4.78 is 5.73.